The van der Waals surface area contributed by atoms with Gasteiger partial charge in [0.05, 0.1) is 6.10 Å². The summed E-state index contributed by atoms with van der Waals surface area (Å²) in [5.74, 6) is 0.393. The van der Waals surface area contributed by atoms with E-state index < -0.39 is 12.0 Å². The number of hydrogen-bond acceptors (Lipinski definition) is 3. The topological polar surface area (TPSA) is 58.6 Å². The van der Waals surface area contributed by atoms with E-state index in [1.54, 1.807) is 0 Å². The number of ether oxygens (including phenoxy) is 1. The molecule has 0 aliphatic carbocycles. The van der Waals surface area contributed by atoms with Crippen LogP contribution >= 0.6 is 0 Å². The first kappa shape index (κ1) is 16.5. The maximum absolute atomic E-state index is 11.1. The second-order valence-electron chi connectivity index (χ2n) is 5.71. The average molecular weight is 279 g/mol. The molecule has 0 bridgehead atoms. The maximum Gasteiger partial charge on any atom is 0.320 e. The van der Waals surface area contributed by atoms with Crippen molar-refractivity contribution < 1.29 is 14.6 Å². The van der Waals surface area contributed by atoms with E-state index in [-0.39, 0.29) is 6.10 Å². The first-order valence-electron chi connectivity index (χ1n) is 7.10. The molecule has 0 aliphatic rings. The Morgan fingerprint density at radius 1 is 1.20 bits per heavy atom. The lowest BCUT2D eigenvalue weighted by atomic mass is 10.0. The summed E-state index contributed by atoms with van der Waals surface area (Å²) in [6, 6.07) is 7.24. The Labute approximate surface area is 121 Å². The SMILES string of the molecule is CC(C)C[C@H](NCc1ccc(OC(C)C)cc1)C(=O)O. The van der Waals surface area contributed by atoms with Crippen LogP contribution in [0.5, 0.6) is 5.75 Å². The Balaban J connectivity index is 2.53. The van der Waals surface area contributed by atoms with E-state index in [1.807, 2.05) is 52.0 Å². The number of carboxylic acids is 1. The summed E-state index contributed by atoms with van der Waals surface area (Å²) in [7, 11) is 0. The van der Waals surface area contributed by atoms with Gasteiger partial charge in [-0.05, 0) is 43.9 Å². The maximum atomic E-state index is 11.1. The molecule has 1 rings (SSSR count). The number of carboxylic acid groups (broad SMARTS) is 1. The molecule has 0 spiro atoms. The Kier molecular flexibility index (Phi) is 6.52. The van der Waals surface area contributed by atoms with Crippen molar-refractivity contribution in [2.75, 3.05) is 0 Å². The summed E-state index contributed by atoms with van der Waals surface area (Å²) in [4.78, 5) is 11.1. The van der Waals surface area contributed by atoms with Crippen LogP contribution in [-0.2, 0) is 11.3 Å². The van der Waals surface area contributed by atoms with E-state index >= 15 is 0 Å². The molecule has 1 aromatic carbocycles. The van der Waals surface area contributed by atoms with Crippen LogP contribution in [-0.4, -0.2) is 23.2 Å². The molecule has 1 atom stereocenters. The zero-order chi connectivity index (χ0) is 15.1. The summed E-state index contributed by atoms with van der Waals surface area (Å²) < 4.78 is 5.57. The van der Waals surface area contributed by atoms with Gasteiger partial charge in [0.25, 0.3) is 0 Å². The molecule has 0 amide bonds. The molecule has 4 heteroatoms. The van der Waals surface area contributed by atoms with Gasteiger partial charge in [-0.2, -0.15) is 0 Å². The molecular formula is C16H25NO3. The van der Waals surface area contributed by atoms with Crippen LogP contribution in [0.25, 0.3) is 0 Å². The number of carbonyl (C=O) groups is 1. The van der Waals surface area contributed by atoms with Gasteiger partial charge in [-0.15, -0.1) is 0 Å². The fraction of sp³-hybridized carbons (Fsp3) is 0.562. The van der Waals surface area contributed by atoms with Gasteiger partial charge in [-0.3, -0.25) is 4.79 Å². The average Bonchev–Trinajstić information content (AvgIpc) is 2.34. The van der Waals surface area contributed by atoms with E-state index in [0.29, 0.717) is 18.9 Å². The highest BCUT2D eigenvalue weighted by Crippen LogP contribution is 2.14. The molecule has 0 aliphatic heterocycles. The fourth-order valence-corrected chi connectivity index (χ4v) is 1.94. The van der Waals surface area contributed by atoms with Gasteiger partial charge in [0.2, 0.25) is 0 Å². The third kappa shape index (κ3) is 6.06. The summed E-state index contributed by atoms with van der Waals surface area (Å²) >= 11 is 0. The van der Waals surface area contributed by atoms with Gasteiger partial charge in [0, 0.05) is 6.54 Å². The largest absolute Gasteiger partial charge is 0.491 e. The number of nitrogens with one attached hydrogen (secondary N) is 1. The van der Waals surface area contributed by atoms with Gasteiger partial charge < -0.3 is 15.2 Å². The smallest absolute Gasteiger partial charge is 0.320 e. The molecule has 4 nitrogen and oxygen atoms in total. The highest BCUT2D eigenvalue weighted by atomic mass is 16.5. The Hall–Kier alpha value is -1.55. The van der Waals surface area contributed by atoms with Crippen molar-refractivity contribution in [3.05, 3.63) is 29.8 Å². The summed E-state index contributed by atoms with van der Waals surface area (Å²) in [5.41, 5.74) is 1.05. The van der Waals surface area contributed by atoms with Crippen LogP contribution in [0.2, 0.25) is 0 Å². The molecule has 0 radical (unpaired) electrons. The first-order chi connectivity index (χ1) is 9.38. The molecule has 0 unspecified atom stereocenters. The summed E-state index contributed by atoms with van der Waals surface area (Å²) in [6.07, 6.45) is 0.783. The lowest BCUT2D eigenvalue weighted by Gasteiger charge is -2.16. The Bertz CT molecular complexity index is 412. The molecule has 0 aromatic heterocycles. The third-order valence-electron chi connectivity index (χ3n) is 2.85. The molecule has 112 valence electrons. The van der Waals surface area contributed by atoms with E-state index in [2.05, 4.69) is 5.32 Å². The normalized spacial score (nSPS) is 12.7. The van der Waals surface area contributed by atoms with Gasteiger partial charge >= 0.3 is 5.97 Å². The van der Waals surface area contributed by atoms with Crippen molar-refractivity contribution in [3.63, 3.8) is 0 Å². The van der Waals surface area contributed by atoms with Crippen LogP contribution in [0, 0.1) is 5.92 Å². The molecular weight excluding hydrogens is 254 g/mol. The van der Waals surface area contributed by atoms with Crippen molar-refractivity contribution >= 4 is 5.97 Å². The number of aliphatic carboxylic acids is 1. The second-order valence-corrected chi connectivity index (χ2v) is 5.71. The molecule has 20 heavy (non-hydrogen) atoms. The standard InChI is InChI=1S/C16H25NO3/c1-11(2)9-15(16(18)19)17-10-13-5-7-14(8-6-13)20-12(3)4/h5-8,11-12,15,17H,9-10H2,1-4H3,(H,18,19)/t15-/m0/s1. The highest BCUT2D eigenvalue weighted by molar-refractivity contribution is 5.73. The first-order valence-corrected chi connectivity index (χ1v) is 7.10. The van der Waals surface area contributed by atoms with Crippen LogP contribution in [0.4, 0.5) is 0 Å². The van der Waals surface area contributed by atoms with Crippen molar-refractivity contribution in [1.29, 1.82) is 0 Å². The van der Waals surface area contributed by atoms with Crippen LogP contribution in [0.15, 0.2) is 24.3 Å². The van der Waals surface area contributed by atoms with E-state index in [9.17, 15) is 4.79 Å². The fourth-order valence-electron chi connectivity index (χ4n) is 1.94. The highest BCUT2D eigenvalue weighted by Gasteiger charge is 2.17. The van der Waals surface area contributed by atoms with Gasteiger partial charge in [-0.1, -0.05) is 26.0 Å². The quantitative estimate of drug-likeness (QED) is 0.768. The molecule has 0 saturated heterocycles. The number of rotatable bonds is 8. The van der Waals surface area contributed by atoms with Gasteiger partial charge in [-0.25, -0.2) is 0 Å². The van der Waals surface area contributed by atoms with Crippen LogP contribution in [0.1, 0.15) is 39.7 Å². The third-order valence-corrected chi connectivity index (χ3v) is 2.85. The zero-order valence-electron chi connectivity index (χ0n) is 12.7. The summed E-state index contributed by atoms with van der Waals surface area (Å²) in [6.45, 7) is 8.56. The van der Waals surface area contributed by atoms with E-state index in [1.165, 1.54) is 0 Å². The van der Waals surface area contributed by atoms with Crippen molar-refractivity contribution in [2.45, 2.75) is 52.8 Å². The monoisotopic (exact) mass is 279 g/mol. The van der Waals surface area contributed by atoms with Crippen molar-refractivity contribution in [1.82, 2.24) is 5.32 Å². The predicted octanol–water partition coefficient (Wildman–Crippen LogP) is 3.06. The van der Waals surface area contributed by atoms with E-state index in [4.69, 9.17) is 9.84 Å². The summed E-state index contributed by atoms with van der Waals surface area (Å²) in [5, 5.41) is 12.2. The molecule has 0 fully saturated rings. The second kappa shape index (κ2) is 7.90. The molecule has 1 aromatic rings. The van der Waals surface area contributed by atoms with Gasteiger partial charge in [0.1, 0.15) is 11.8 Å². The van der Waals surface area contributed by atoms with Crippen LogP contribution in [0.3, 0.4) is 0 Å². The Morgan fingerprint density at radius 3 is 2.25 bits per heavy atom. The minimum atomic E-state index is -0.793. The van der Waals surface area contributed by atoms with Crippen molar-refractivity contribution in [2.24, 2.45) is 5.92 Å². The molecule has 0 saturated carbocycles. The number of benzene rings is 1. The predicted molar refractivity (Wildman–Crippen MR) is 79.9 cm³/mol. The molecule has 0 heterocycles. The minimum Gasteiger partial charge on any atom is -0.491 e. The Morgan fingerprint density at radius 2 is 1.80 bits per heavy atom. The van der Waals surface area contributed by atoms with Gasteiger partial charge in [0.15, 0.2) is 0 Å². The zero-order valence-corrected chi connectivity index (χ0v) is 12.7. The minimum absolute atomic E-state index is 0.154. The lowest BCUT2D eigenvalue weighted by Crippen LogP contribution is -2.37. The van der Waals surface area contributed by atoms with E-state index in [0.717, 1.165) is 11.3 Å². The molecule has 2 N–H and O–H groups in total. The van der Waals surface area contributed by atoms with Crippen LogP contribution < -0.4 is 10.1 Å². The number of hydrogen-bond donors (Lipinski definition) is 2. The van der Waals surface area contributed by atoms with Crippen molar-refractivity contribution in [3.8, 4) is 5.75 Å². The lowest BCUT2D eigenvalue weighted by molar-refractivity contribution is -0.140.